The summed E-state index contributed by atoms with van der Waals surface area (Å²) in [6.45, 7) is 1.05. The largest absolute Gasteiger partial charge is 0.452 e. The van der Waals surface area contributed by atoms with Crippen molar-refractivity contribution in [3.05, 3.63) is 40.6 Å². The molecular weight excluding hydrogens is 362 g/mol. The molecule has 1 amide bonds. The van der Waals surface area contributed by atoms with Gasteiger partial charge in [0.15, 0.2) is 12.4 Å². The van der Waals surface area contributed by atoms with E-state index in [1.807, 2.05) is 0 Å². The van der Waals surface area contributed by atoms with Crippen LogP contribution < -0.4 is 10.5 Å². The third kappa shape index (κ3) is 4.54. The van der Waals surface area contributed by atoms with Gasteiger partial charge in [-0.3, -0.25) is 4.79 Å². The van der Waals surface area contributed by atoms with Gasteiger partial charge in [-0.05, 0) is 25.1 Å². The first-order chi connectivity index (χ1) is 11.2. The van der Waals surface area contributed by atoms with E-state index in [0.717, 1.165) is 6.07 Å². The number of anilines is 1. The first kappa shape index (κ1) is 17.9. The number of primary sulfonamides is 1. The highest BCUT2D eigenvalue weighted by Crippen LogP contribution is 2.21. The highest BCUT2D eigenvalue weighted by molar-refractivity contribution is 7.89. The van der Waals surface area contributed by atoms with Crippen molar-refractivity contribution in [3.63, 3.8) is 0 Å². The molecule has 0 unspecified atom stereocenters. The number of nitrogens with zero attached hydrogens (tertiary/aromatic N) is 1. The van der Waals surface area contributed by atoms with Crippen molar-refractivity contribution in [2.24, 2.45) is 5.14 Å². The number of ether oxygens (including phenoxy) is 1. The van der Waals surface area contributed by atoms with Gasteiger partial charge < -0.3 is 14.6 Å². The van der Waals surface area contributed by atoms with E-state index >= 15 is 0 Å². The monoisotopic (exact) mass is 373 g/mol. The van der Waals surface area contributed by atoms with E-state index in [-0.39, 0.29) is 16.4 Å². The van der Waals surface area contributed by atoms with E-state index in [9.17, 15) is 18.0 Å². The minimum Gasteiger partial charge on any atom is -0.452 e. The molecule has 1 aromatic heterocycles. The maximum atomic E-state index is 11.9. The van der Waals surface area contributed by atoms with E-state index in [0.29, 0.717) is 5.76 Å². The third-order valence-corrected chi connectivity index (χ3v) is 4.10. The number of carbonyl (C=O) groups is 2. The van der Waals surface area contributed by atoms with Crippen LogP contribution in [0.1, 0.15) is 16.1 Å². The van der Waals surface area contributed by atoms with Crippen molar-refractivity contribution >= 4 is 39.3 Å². The van der Waals surface area contributed by atoms with Gasteiger partial charge in [0, 0.05) is 6.07 Å². The van der Waals surface area contributed by atoms with E-state index in [1.54, 1.807) is 6.92 Å². The highest BCUT2D eigenvalue weighted by Gasteiger charge is 2.18. The summed E-state index contributed by atoms with van der Waals surface area (Å²) in [7, 11) is -4.10. The molecule has 24 heavy (non-hydrogen) atoms. The van der Waals surface area contributed by atoms with Crippen LogP contribution in [0.5, 0.6) is 0 Å². The maximum absolute atomic E-state index is 11.9. The van der Waals surface area contributed by atoms with Gasteiger partial charge in [0.2, 0.25) is 10.0 Å². The van der Waals surface area contributed by atoms with Crippen molar-refractivity contribution in [1.29, 1.82) is 0 Å². The molecule has 0 aliphatic rings. The van der Waals surface area contributed by atoms with Crippen LogP contribution >= 0.6 is 11.6 Å². The molecule has 0 saturated heterocycles. The van der Waals surface area contributed by atoms with Crippen LogP contribution in [-0.4, -0.2) is 32.1 Å². The van der Waals surface area contributed by atoms with Gasteiger partial charge in [-0.25, -0.2) is 18.4 Å². The van der Waals surface area contributed by atoms with Crippen molar-refractivity contribution in [2.45, 2.75) is 11.8 Å². The third-order valence-electron chi connectivity index (χ3n) is 2.70. The fourth-order valence-corrected chi connectivity index (χ4v) is 2.74. The zero-order valence-electron chi connectivity index (χ0n) is 12.3. The molecule has 128 valence electrons. The topological polar surface area (TPSA) is 142 Å². The Balaban J connectivity index is 2.01. The molecule has 0 bridgehead atoms. The lowest BCUT2D eigenvalue weighted by atomic mass is 10.2. The Labute approximate surface area is 141 Å². The van der Waals surface area contributed by atoms with Gasteiger partial charge in [0.05, 0.1) is 10.6 Å². The van der Waals surface area contributed by atoms with Gasteiger partial charge in [-0.2, -0.15) is 0 Å². The van der Waals surface area contributed by atoms with Crippen molar-refractivity contribution < 1.29 is 27.3 Å². The number of nitrogens with two attached hydrogens (primary N) is 1. The number of benzene rings is 1. The normalized spacial score (nSPS) is 11.1. The Morgan fingerprint density at radius 3 is 2.67 bits per heavy atom. The van der Waals surface area contributed by atoms with Gasteiger partial charge in [0.25, 0.3) is 5.91 Å². The molecule has 0 aliphatic carbocycles. The standard InChI is InChI=1S/C13H12ClN3O6S/c1-7-4-11(17-23-7)16-12(18)6-22-13(19)8-2-3-9(14)10(5-8)24(15,20)21/h2-5H,6H2,1H3,(H2,15,20,21)(H,16,17,18). The Morgan fingerprint density at radius 2 is 2.08 bits per heavy atom. The van der Waals surface area contributed by atoms with Crippen LogP contribution in [0.15, 0.2) is 33.7 Å². The van der Waals surface area contributed by atoms with Crippen LogP contribution in [0.4, 0.5) is 5.82 Å². The number of sulfonamides is 1. The number of aromatic nitrogens is 1. The first-order valence-corrected chi connectivity index (χ1v) is 8.32. The number of rotatable bonds is 5. The molecular formula is C13H12ClN3O6S. The second-order valence-electron chi connectivity index (χ2n) is 4.64. The second kappa shape index (κ2) is 6.99. The maximum Gasteiger partial charge on any atom is 0.338 e. The number of amides is 1. The molecule has 0 atom stereocenters. The number of hydrogen-bond donors (Lipinski definition) is 2. The van der Waals surface area contributed by atoms with Crippen LogP contribution in [-0.2, 0) is 19.6 Å². The molecule has 0 fully saturated rings. The molecule has 0 radical (unpaired) electrons. The quantitative estimate of drug-likeness (QED) is 0.746. The van der Waals surface area contributed by atoms with Crippen molar-refractivity contribution in [3.8, 4) is 0 Å². The van der Waals surface area contributed by atoms with E-state index in [4.69, 9.17) is 26.0 Å². The Hall–Kier alpha value is -2.43. The molecule has 0 saturated carbocycles. The van der Waals surface area contributed by atoms with Gasteiger partial charge in [-0.1, -0.05) is 16.8 Å². The van der Waals surface area contributed by atoms with E-state index < -0.39 is 33.4 Å². The average molecular weight is 374 g/mol. The van der Waals surface area contributed by atoms with Crippen molar-refractivity contribution in [2.75, 3.05) is 11.9 Å². The minimum absolute atomic E-state index is 0.117. The summed E-state index contributed by atoms with van der Waals surface area (Å²) in [5, 5.41) is 10.8. The molecule has 2 rings (SSSR count). The summed E-state index contributed by atoms with van der Waals surface area (Å²) in [4.78, 5) is 23.1. The molecule has 2 aromatic rings. The molecule has 0 aliphatic heterocycles. The average Bonchev–Trinajstić information content (AvgIpc) is 2.89. The Kier molecular flexibility index (Phi) is 5.22. The SMILES string of the molecule is Cc1cc(NC(=O)COC(=O)c2ccc(Cl)c(S(N)(=O)=O)c2)no1. The highest BCUT2D eigenvalue weighted by atomic mass is 35.5. The lowest BCUT2D eigenvalue weighted by molar-refractivity contribution is -0.119. The summed E-state index contributed by atoms with van der Waals surface area (Å²) >= 11 is 5.71. The Morgan fingerprint density at radius 1 is 1.38 bits per heavy atom. The number of hydrogen-bond acceptors (Lipinski definition) is 7. The van der Waals surface area contributed by atoms with E-state index in [1.165, 1.54) is 18.2 Å². The van der Waals surface area contributed by atoms with Gasteiger partial charge >= 0.3 is 5.97 Å². The van der Waals surface area contributed by atoms with Gasteiger partial charge in [0.1, 0.15) is 10.7 Å². The first-order valence-electron chi connectivity index (χ1n) is 6.39. The number of nitrogens with one attached hydrogen (secondary N) is 1. The number of aryl methyl sites for hydroxylation is 1. The molecule has 9 nitrogen and oxygen atoms in total. The van der Waals surface area contributed by atoms with Crippen molar-refractivity contribution in [1.82, 2.24) is 5.16 Å². The Bertz CT molecular complexity index is 893. The lowest BCUT2D eigenvalue weighted by Crippen LogP contribution is -2.21. The summed E-state index contributed by atoms with van der Waals surface area (Å²) in [5.74, 6) is -0.879. The molecule has 3 N–H and O–H groups in total. The predicted octanol–water partition coefficient (Wildman–Crippen LogP) is 1.08. The fraction of sp³-hybridized carbons (Fsp3) is 0.154. The second-order valence-corrected chi connectivity index (χ2v) is 6.57. The van der Waals surface area contributed by atoms with Crippen LogP contribution in [0.2, 0.25) is 5.02 Å². The zero-order chi connectivity index (χ0) is 17.9. The van der Waals surface area contributed by atoms with Crippen LogP contribution in [0, 0.1) is 6.92 Å². The molecule has 0 spiro atoms. The fourth-order valence-electron chi connectivity index (χ4n) is 1.67. The minimum atomic E-state index is -4.10. The van der Waals surface area contributed by atoms with E-state index in [2.05, 4.69) is 10.5 Å². The molecule has 1 aromatic carbocycles. The summed E-state index contributed by atoms with van der Waals surface area (Å²) in [6.07, 6.45) is 0. The lowest BCUT2D eigenvalue weighted by Gasteiger charge is -2.07. The van der Waals surface area contributed by atoms with Crippen LogP contribution in [0.25, 0.3) is 0 Å². The molecule has 11 heteroatoms. The summed E-state index contributed by atoms with van der Waals surface area (Å²) < 4.78 is 32.3. The van der Waals surface area contributed by atoms with Crippen LogP contribution in [0.3, 0.4) is 0 Å². The number of halogens is 1. The summed E-state index contributed by atoms with van der Waals surface area (Å²) in [6, 6.07) is 4.89. The zero-order valence-corrected chi connectivity index (χ0v) is 13.8. The smallest absolute Gasteiger partial charge is 0.338 e. The molecule has 1 heterocycles. The number of esters is 1. The predicted molar refractivity (Wildman–Crippen MR) is 83.0 cm³/mol. The number of carbonyl (C=O) groups excluding carboxylic acids is 2. The summed E-state index contributed by atoms with van der Waals surface area (Å²) in [5.41, 5.74) is -0.117. The van der Waals surface area contributed by atoms with Gasteiger partial charge in [-0.15, -0.1) is 0 Å².